The van der Waals surface area contributed by atoms with E-state index in [4.69, 9.17) is 0 Å². The summed E-state index contributed by atoms with van der Waals surface area (Å²) in [5.41, 5.74) is 0.548. The van der Waals surface area contributed by atoms with Gasteiger partial charge in [0, 0.05) is 44.8 Å². The molecule has 2 aliphatic rings. The highest BCUT2D eigenvalue weighted by molar-refractivity contribution is 5.96. The number of amides is 3. The second-order valence-corrected chi connectivity index (χ2v) is 7.15. The van der Waals surface area contributed by atoms with Gasteiger partial charge in [0.15, 0.2) is 0 Å². The molecule has 0 bridgehead atoms. The van der Waals surface area contributed by atoms with Crippen molar-refractivity contribution in [3.8, 4) is 0 Å². The van der Waals surface area contributed by atoms with E-state index >= 15 is 0 Å². The maximum absolute atomic E-state index is 12.4. The number of piperazine rings is 1. The number of hydrogen-bond donors (Lipinski definition) is 1. The molecule has 1 aromatic rings. The minimum absolute atomic E-state index is 0.000432. The highest BCUT2D eigenvalue weighted by Crippen LogP contribution is 2.10. The summed E-state index contributed by atoms with van der Waals surface area (Å²) in [6.45, 7) is 4.75. The van der Waals surface area contributed by atoms with Crippen LogP contribution in [-0.4, -0.2) is 84.8 Å². The maximum atomic E-state index is 12.4. The standard InChI is InChI=1S/C20H28N4O3/c25-18(15-21-20(27)17-7-3-1-4-8-17)24-13-11-22(12-14-24)16-19(26)23-9-5-2-6-10-23/h1,3-4,7-8H,2,5-6,9-16H2,(H,21,27). The number of piperidine rings is 1. The molecule has 0 atom stereocenters. The summed E-state index contributed by atoms with van der Waals surface area (Å²) in [5.74, 6) is -0.124. The van der Waals surface area contributed by atoms with Crippen molar-refractivity contribution in [2.24, 2.45) is 0 Å². The maximum Gasteiger partial charge on any atom is 0.251 e. The summed E-state index contributed by atoms with van der Waals surface area (Å²) >= 11 is 0. The zero-order valence-corrected chi connectivity index (χ0v) is 15.7. The number of carbonyl (C=O) groups excluding carboxylic acids is 3. The van der Waals surface area contributed by atoms with Gasteiger partial charge < -0.3 is 15.1 Å². The van der Waals surface area contributed by atoms with Crippen molar-refractivity contribution in [2.75, 3.05) is 52.4 Å². The average molecular weight is 372 g/mol. The Hall–Kier alpha value is -2.41. The van der Waals surface area contributed by atoms with Crippen LogP contribution in [0, 0.1) is 0 Å². The van der Waals surface area contributed by atoms with Gasteiger partial charge in [0.25, 0.3) is 5.91 Å². The lowest BCUT2D eigenvalue weighted by Gasteiger charge is -2.36. The summed E-state index contributed by atoms with van der Waals surface area (Å²) < 4.78 is 0. The Morgan fingerprint density at radius 3 is 2.07 bits per heavy atom. The minimum Gasteiger partial charge on any atom is -0.343 e. The van der Waals surface area contributed by atoms with Gasteiger partial charge in [0.1, 0.15) is 0 Å². The summed E-state index contributed by atoms with van der Waals surface area (Å²) in [6.07, 6.45) is 3.41. The van der Waals surface area contributed by atoms with Crippen LogP contribution in [0.15, 0.2) is 30.3 Å². The number of hydrogen-bond acceptors (Lipinski definition) is 4. The quantitative estimate of drug-likeness (QED) is 0.820. The molecule has 2 saturated heterocycles. The number of rotatable bonds is 5. The van der Waals surface area contributed by atoms with Crippen molar-refractivity contribution in [1.82, 2.24) is 20.0 Å². The van der Waals surface area contributed by atoms with Crippen LogP contribution in [0.2, 0.25) is 0 Å². The molecule has 3 amide bonds. The second-order valence-electron chi connectivity index (χ2n) is 7.15. The van der Waals surface area contributed by atoms with Gasteiger partial charge in [-0.15, -0.1) is 0 Å². The third kappa shape index (κ3) is 5.53. The van der Waals surface area contributed by atoms with Gasteiger partial charge in [-0.25, -0.2) is 0 Å². The Balaban J connectivity index is 1.37. The second kappa shape index (κ2) is 9.50. The first-order valence-electron chi connectivity index (χ1n) is 9.74. The largest absolute Gasteiger partial charge is 0.343 e. The Morgan fingerprint density at radius 2 is 1.41 bits per heavy atom. The fourth-order valence-corrected chi connectivity index (χ4v) is 3.55. The topological polar surface area (TPSA) is 73.0 Å². The molecule has 0 spiro atoms. The molecule has 27 heavy (non-hydrogen) atoms. The molecule has 0 radical (unpaired) electrons. The molecule has 0 aliphatic carbocycles. The summed E-state index contributed by atoms with van der Waals surface area (Å²) in [6, 6.07) is 8.87. The highest BCUT2D eigenvalue weighted by atomic mass is 16.2. The number of benzene rings is 1. The van der Waals surface area contributed by atoms with E-state index in [2.05, 4.69) is 10.2 Å². The number of carbonyl (C=O) groups is 3. The molecule has 1 N–H and O–H groups in total. The van der Waals surface area contributed by atoms with E-state index in [-0.39, 0.29) is 24.3 Å². The summed E-state index contributed by atoms with van der Waals surface area (Å²) in [4.78, 5) is 42.5. The SMILES string of the molecule is O=C(NCC(=O)N1CCN(CC(=O)N2CCCCC2)CC1)c1ccccc1. The Labute approximate surface area is 160 Å². The first kappa shape index (κ1) is 19.4. The zero-order chi connectivity index (χ0) is 19.1. The number of likely N-dealkylation sites (tertiary alicyclic amines) is 1. The zero-order valence-electron chi connectivity index (χ0n) is 15.7. The molecule has 0 saturated carbocycles. The molecule has 0 aromatic heterocycles. The van der Waals surface area contributed by atoms with Crippen LogP contribution in [0.25, 0.3) is 0 Å². The van der Waals surface area contributed by atoms with E-state index < -0.39 is 0 Å². The van der Waals surface area contributed by atoms with Crippen molar-refractivity contribution < 1.29 is 14.4 Å². The third-order valence-corrected chi connectivity index (χ3v) is 5.23. The smallest absolute Gasteiger partial charge is 0.251 e. The normalized spacial score (nSPS) is 18.2. The lowest BCUT2D eigenvalue weighted by Crippen LogP contribution is -2.53. The molecule has 2 heterocycles. The monoisotopic (exact) mass is 372 g/mol. The molecule has 146 valence electrons. The van der Waals surface area contributed by atoms with Crippen LogP contribution in [0.3, 0.4) is 0 Å². The molecule has 7 nitrogen and oxygen atoms in total. The van der Waals surface area contributed by atoms with Gasteiger partial charge in [-0.1, -0.05) is 18.2 Å². The van der Waals surface area contributed by atoms with Crippen molar-refractivity contribution >= 4 is 17.7 Å². The van der Waals surface area contributed by atoms with E-state index in [9.17, 15) is 14.4 Å². The molecular formula is C20H28N4O3. The Morgan fingerprint density at radius 1 is 0.778 bits per heavy atom. The van der Waals surface area contributed by atoms with Crippen LogP contribution in [0.1, 0.15) is 29.6 Å². The number of nitrogens with zero attached hydrogens (tertiary/aromatic N) is 3. The van der Waals surface area contributed by atoms with Gasteiger partial charge >= 0.3 is 0 Å². The Kier molecular flexibility index (Phi) is 6.81. The van der Waals surface area contributed by atoms with E-state index in [1.165, 1.54) is 6.42 Å². The third-order valence-electron chi connectivity index (χ3n) is 5.23. The predicted molar refractivity (Wildman–Crippen MR) is 102 cm³/mol. The van der Waals surface area contributed by atoms with Crippen LogP contribution in [0.4, 0.5) is 0 Å². The highest BCUT2D eigenvalue weighted by Gasteiger charge is 2.24. The van der Waals surface area contributed by atoms with Crippen molar-refractivity contribution in [3.63, 3.8) is 0 Å². The first-order chi connectivity index (χ1) is 13.1. The van der Waals surface area contributed by atoms with Crippen molar-refractivity contribution in [2.45, 2.75) is 19.3 Å². The molecular weight excluding hydrogens is 344 g/mol. The lowest BCUT2D eigenvalue weighted by molar-refractivity contribution is -0.135. The average Bonchev–Trinajstić information content (AvgIpc) is 2.73. The van der Waals surface area contributed by atoms with Crippen LogP contribution in [-0.2, 0) is 9.59 Å². The predicted octanol–water partition coefficient (Wildman–Crippen LogP) is 0.573. The van der Waals surface area contributed by atoms with E-state index in [0.29, 0.717) is 38.3 Å². The molecule has 7 heteroatoms. The minimum atomic E-state index is -0.241. The molecule has 3 rings (SSSR count). The van der Waals surface area contributed by atoms with Gasteiger partial charge in [0.05, 0.1) is 13.1 Å². The van der Waals surface area contributed by atoms with Crippen molar-refractivity contribution in [3.05, 3.63) is 35.9 Å². The van der Waals surface area contributed by atoms with Gasteiger partial charge in [0.2, 0.25) is 11.8 Å². The van der Waals surface area contributed by atoms with Crippen LogP contribution >= 0.6 is 0 Å². The first-order valence-corrected chi connectivity index (χ1v) is 9.74. The summed E-state index contributed by atoms with van der Waals surface area (Å²) in [7, 11) is 0. The molecule has 2 fully saturated rings. The van der Waals surface area contributed by atoms with E-state index in [1.807, 2.05) is 11.0 Å². The molecule has 2 aliphatic heterocycles. The lowest BCUT2D eigenvalue weighted by atomic mass is 10.1. The van der Waals surface area contributed by atoms with Gasteiger partial charge in [-0.2, -0.15) is 0 Å². The van der Waals surface area contributed by atoms with E-state index in [1.54, 1.807) is 29.2 Å². The Bertz CT molecular complexity index is 650. The fourth-order valence-electron chi connectivity index (χ4n) is 3.55. The van der Waals surface area contributed by atoms with Crippen LogP contribution in [0.5, 0.6) is 0 Å². The molecule has 0 unspecified atom stereocenters. The molecule has 1 aromatic carbocycles. The van der Waals surface area contributed by atoms with Gasteiger partial charge in [-0.3, -0.25) is 19.3 Å². The fraction of sp³-hybridized carbons (Fsp3) is 0.550. The van der Waals surface area contributed by atoms with Crippen molar-refractivity contribution in [1.29, 1.82) is 0 Å². The van der Waals surface area contributed by atoms with Crippen LogP contribution < -0.4 is 5.32 Å². The van der Waals surface area contributed by atoms with Gasteiger partial charge in [-0.05, 0) is 31.4 Å². The van der Waals surface area contributed by atoms with E-state index in [0.717, 1.165) is 25.9 Å². The summed E-state index contributed by atoms with van der Waals surface area (Å²) in [5, 5.41) is 2.68. The number of nitrogens with one attached hydrogen (secondary N) is 1.